The van der Waals surface area contributed by atoms with Crippen LogP contribution in [0, 0.1) is 25.2 Å². The molecule has 2 unspecified atom stereocenters. The molecule has 212 valence electrons. The van der Waals surface area contributed by atoms with Gasteiger partial charge in [0.15, 0.2) is 23.0 Å². The van der Waals surface area contributed by atoms with Crippen LogP contribution >= 0.6 is 0 Å². The molecule has 11 nitrogen and oxygen atoms in total. The lowest BCUT2D eigenvalue weighted by Gasteiger charge is -2.60. The second-order valence-corrected chi connectivity index (χ2v) is 11.3. The number of nitrogens with zero attached hydrogens (tertiary/aromatic N) is 3. The molecular weight excluding hydrogens is 514 g/mol. The number of nitrogens with two attached hydrogens (primary N) is 1. The second kappa shape index (κ2) is 9.44. The summed E-state index contributed by atoms with van der Waals surface area (Å²) in [5, 5.41) is 36.5. The van der Waals surface area contributed by atoms with Crippen LogP contribution in [0.25, 0.3) is 0 Å². The number of carbonyl (C=O) groups excluding carboxylic acids is 1. The zero-order valence-electron chi connectivity index (χ0n) is 23.3. The van der Waals surface area contributed by atoms with E-state index >= 15 is 0 Å². The SMILES string of the molecule is COc1c(C)cc2c(c1O)[C@H]1C3Cc4c(O)c(C)c5c(c4[C@H](CNC(=O)C(C)N)N3[C@@H](C#N)[C@@H](C2)N1C)OCO5. The number of hydrogen-bond acceptors (Lipinski definition) is 10. The lowest BCUT2D eigenvalue weighted by molar-refractivity contribution is -0.123. The normalized spacial score (nSPS) is 27.2. The molecule has 2 aromatic carbocycles. The maximum Gasteiger partial charge on any atom is 0.236 e. The Morgan fingerprint density at radius 1 is 1.23 bits per heavy atom. The fourth-order valence-electron chi connectivity index (χ4n) is 7.40. The van der Waals surface area contributed by atoms with E-state index in [0.29, 0.717) is 46.8 Å². The van der Waals surface area contributed by atoms with Crippen LogP contribution in [0.15, 0.2) is 6.07 Å². The van der Waals surface area contributed by atoms with Crippen LogP contribution in [0.4, 0.5) is 0 Å². The highest BCUT2D eigenvalue weighted by Gasteiger charge is 2.56. The van der Waals surface area contributed by atoms with Crippen molar-refractivity contribution in [3.05, 3.63) is 39.4 Å². The van der Waals surface area contributed by atoms with Crippen molar-refractivity contribution < 1.29 is 29.2 Å². The molecule has 1 fully saturated rings. The number of amides is 1. The number of nitriles is 1. The molecule has 1 amide bonds. The summed E-state index contributed by atoms with van der Waals surface area (Å²) in [6, 6.07) is 2.02. The number of methoxy groups -OCH3 is 1. The van der Waals surface area contributed by atoms with E-state index in [4.69, 9.17) is 19.9 Å². The average Bonchev–Trinajstić information content (AvgIpc) is 3.41. The summed E-state index contributed by atoms with van der Waals surface area (Å²) in [4.78, 5) is 17.0. The van der Waals surface area contributed by atoms with Gasteiger partial charge in [-0.3, -0.25) is 14.6 Å². The molecule has 0 radical (unpaired) electrons. The highest BCUT2D eigenvalue weighted by atomic mass is 16.7. The van der Waals surface area contributed by atoms with Crippen LogP contribution in [0.5, 0.6) is 28.7 Å². The summed E-state index contributed by atoms with van der Waals surface area (Å²) in [6.45, 7) is 5.48. The van der Waals surface area contributed by atoms with Gasteiger partial charge in [0.1, 0.15) is 11.8 Å². The summed E-state index contributed by atoms with van der Waals surface area (Å²) in [5.74, 6) is 1.33. The summed E-state index contributed by atoms with van der Waals surface area (Å²) < 4.78 is 17.3. The first kappa shape index (κ1) is 26.5. The Morgan fingerprint density at radius 2 is 1.95 bits per heavy atom. The Balaban J connectivity index is 1.58. The standard InChI is InChI=1S/C29H35N5O6/c1-12-6-15-7-17-19(9-30)34-18(23(33(17)4)21(15)25(36)26(12)38-5)8-16-22(20(34)10-32-29(37)14(3)31)28-27(39-11-40-28)13(2)24(16)35/h6,14,17-20,23,35-36H,7-8,10-11,31H2,1-5H3,(H,32,37)/t14?,17-,18?,19+,20+,23-/m1/s1. The molecular formula is C29H35N5O6. The average molecular weight is 550 g/mol. The van der Waals surface area contributed by atoms with Gasteiger partial charge >= 0.3 is 0 Å². The van der Waals surface area contributed by atoms with E-state index in [1.807, 2.05) is 20.0 Å². The predicted molar refractivity (Wildman–Crippen MR) is 144 cm³/mol. The molecule has 4 heterocycles. The Morgan fingerprint density at radius 3 is 2.62 bits per heavy atom. The van der Waals surface area contributed by atoms with E-state index in [0.717, 1.165) is 16.7 Å². The van der Waals surface area contributed by atoms with Gasteiger partial charge < -0.3 is 35.5 Å². The molecule has 40 heavy (non-hydrogen) atoms. The monoisotopic (exact) mass is 549 g/mol. The minimum atomic E-state index is -0.714. The number of aryl methyl sites for hydroxylation is 1. The topological polar surface area (TPSA) is 154 Å². The van der Waals surface area contributed by atoms with Crippen LogP contribution in [-0.4, -0.2) is 77.6 Å². The summed E-state index contributed by atoms with van der Waals surface area (Å²) >= 11 is 0. The molecule has 0 aliphatic carbocycles. The van der Waals surface area contributed by atoms with Crippen molar-refractivity contribution in [1.29, 1.82) is 5.26 Å². The molecule has 2 aromatic rings. The molecule has 1 saturated heterocycles. The van der Waals surface area contributed by atoms with E-state index in [-0.39, 0.29) is 48.9 Å². The van der Waals surface area contributed by atoms with E-state index in [2.05, 4.69) is 21.2 Å². The van der Waals surface area contributed by atoms with E-state index in [1.165, 1.54) is 0 Å². The van der Waals surface area contributed by atoms with Gasteiger partial charge in [0, 0.05) is 40.9 Å². The number of piperazine rings is 1. The number of likely N-dealkylation sites (N-methyl/N-ethyl adjacent to an activating group) is 1. The number of nitrogens with one attached hydrogen (secondary N) is 1. The Bertz CT molecular complexity index is 1450. The number of benzene rings is 2. The van der Waals surface area contributed by atoms with Crippen LogP contribution < -0.4 is 25.3 Å². The molecule has 11 heteroatoms. The molecule has 0 spiro atoms. The first-order valence-corrected chi connectivity index (χ1v) is 13.6. The third kappa shape index (κ3) is 3.56. The molecule has 0 saturated carbocycles. The van der Waals surface area contributed by atoms with E-state index < -0.39 is 18.1 Å². The number of carbonyl (C=O) groups is 1. The van der Waals surface area contributed by atoms with Gasteiger partial charge in [-0.25, -0.2) is 0 Å². The number of rotatable bonds is 4. The highest BCUT2D eigenvalue weighted by Crippen LogP contribution is 2.58. The van der Waals surface area contributed by atoms with Crippen molar-refractivity contribution in [3.63, 3.8) is 0 Å². The molecule has 6 atom stereocenters. The van der Waals surface area contributed by atoms with Crippen LogP contribution in [0.1, 0.15) is 52.4 Å². The van der Waals surface area contributed by atoms with E-state index in [1.54, 1.807) is 21.0 Å². The molecule has 6 rings (SSSR count). The van der Waals surface area contributed by atoms with Gasteiger partial charge in [-0.2, -0.15) is 5.26 Å². The van der Waals surface area contributed by atoms with Gasteiger partial charge in [0.2, 0.25) is 12.7 Å². The minimum absolute atomic E-state index is 0.0183. The number of aromatic hydroxyl groups is 2. The van der Waals surface area contributed by atoms with Gasteiger partial charge in [-0.15, -0.1) is 0 Å². The molecule has 0 aromatic heterocycles. The van der Waals surface area contributed by atoms with Crippen molar-refractivity contribution >= 4 is 5.91 Å². The smallest absolute Gasteiger partial charge is 0.236 e. The largest absolute Gasteiger partial charge is 0.507 e. The number of fused-ring (bicyclic) bond motifs is 9. The molecule has 5 N–H and O–H groups in total. The number of hydrogen-bond donors (Lipinski definition) is 4. The highest BCUT2D eigenvalue weighted by molar-refractivity contribution is 5.81. The summed E-state index contributed by atoms with van der Waals surface area (Å²) in [5.41, 5.74) is 10.4. The van der Waals surface area contributed by atoms with Crippen molar-refractivity contribution in [1.82, 2.24) is 15.1 Å². The van der Waals surface area contributed by atoms with Gasteiger partial charge in [0.25, 0.3) is 0 Å². The fraction of sp³-hybridized carbons (Fsp3) is 0.517. The van der Waals surface area contributed by atoms with Crippen molar-refractivity contribution in [2.24, 2.45) is 5.73 Å². The van der Waals surface area contributed by atoms with Gasteiger partial charge in [0.05, 0.1) is 31.3 Å². The van der Waals surface area contributed by atoms with E-state index in [9.17, 15) is 20.3 Å². The minimum Gasteiger partial charge on any atom is -0.507 e. The zero-order valence-corrected chi connectivity index (χ0v) is 23.3. The van der Waals surface area contributed by atoms with Crippen LogP contribution in [0.2, 0.25) is 0 Å². The maximum atomic E-state index is 12.6. The quantitative estimate of drug-likeness (QED) is 0.443. The van der Waals surface area contributed by atoms with Gasteiger partial charge in [-0.05, 0) is 51.8 Å². The summed E-state index contributed by atoms with van der Waals surface area (Å²) in [7, 11) is 3.53. The first-order valence-electron chi connectivity index (χ1n) is 13.6. The number of phenolic OH excluding ortho intramolecular Hbond substituents is 2. The van der Waals surface area contributed by atoms with Crippen LogP contribution in [0.3, 0.4) is 0 Å². The first-order chi connectivity index (χ1) is 19.1. The van der Waals surface area contributed by atoms with Crippen LogP contribution in [-0.2, 0) is 17.6 Å². The number of ether oxygens (including phenoxy) is 3. The number of phenols is 2. The Labute approximate surface area is 233 Å². The third-order valence-electron chi connectivity index (χ3n) is 9.17. The Hall–Kier alpha value is -3.72. The van der Waals surface area contributed by atoms with Crippen molar-refractivity contribution in [3.8, 4) is 34.8 Å². The van der Waals surface area contributed by atoms with Crippen molar-refractivity contribution in [2.75, 3.05) is 27.5 Å². The molecule has 4 aliphatic heterocycles. The predicted octanol–water partition coefficient (Wildman–Crippen LogP) is 1.69. The third-order valence-corrected chi connectivity index (χ3v) is 9.17. The molecule has 2 bridgehead atoms. The zero-order chi connectivity index (χ0) is 28.6. The Kier molecular flexibility index (Phi) is 6.25. The van der Waals surface area contributed by atoms with Gasteiger partial charge in [-0.1, -0.05) is 6.07 Å². The lowest BCUT2D eigenvalue weighted by Crippen LogP contribution is -2.68. The maximum absolute atomic E-state index is 12.6. The summed E-state index contributed by atoms with van der Waals surface area (Å²) in [6.07, 6.45) is 0.955. The lowest BCUT2D eigenvalue weighted by atomic mass is 9.71. The fourth-order valence-corrected chi connectivity index (χ4v) is 7.40. The van der Waals surface area contributed by atoms with Crippen molar-refractivity contribution in [2.45, 2.75) is 69.9 Å². The second-order valence-electron chi connectivity index (χ2n) is 11.3. The molecule has 4 aliphatic rings.